The quantitative estimate of drug-likeness (QED) is 0.770. The molecule has 0 radical (unpaired) electrons. The van der Waals surface area contributed by atoms with Crippen LogP contribution in [0.4, 0.5) is 4.79 Å². The third-order valence-electron chi connectivity index (χ3n) is 2.10. The van der Waals surface area contributed by atoms with Gasteiger partial charge < -0.3 is 15.2 Å². The number of thioether (sulfide) groups is 1. The Bertz CT molecular complexity index is 287. The fourth-order valence-corrected chi connectivity index (χ4v) is 2.73. The van der Waals surface area contributed by atoms with E-state index in [0.717, 1.165) is 0 Å². The van der Waals surface area contributed by atoms with Crippen molar-refractivity contribution in [1.29, 1.82) is 0 Å². The van der Waals surface area contributed by atoms with Gasteiger partial charge in [-0.2, -0.15) is 11.8 Å². The van der Waals surface area contributed by atoms with Gasteiger partial charge in [-0.05, 0) is 20.8 Å². The molecule has 0 aromatic carbocycles. The van der Waals surface area contributed by atoms with Gasteiger partial charge in [-0.25, -0.2) is 4.79 Å². The number of hydrogen-bond acceptors (Lipinski definition) is 4. The van der Waals surface area contributed by atoms with Crippen LogP contribution in [0.25, 0.3) is 0 Å². The molecule has 1 aliphatic heterocycles. The molecule has 6 heteroatoms. The maximum absolute atomic E-state index is 11.4. The SMILES string of the molecule is CC(C)(C)OC(=O)N[C@@H]1CSC[C@@H]1C(=O)O. The van der Waals surface area contributed by atoms with Crippen LogP contribution in [0.2, 0.25) is 0 Å². The number of carboxylic acid groups (broad SMARTS) is 1. The van der Waals surface area contributed by atoms with E-state index in [1.165, 1.54) is 11.8 Å². The van der Waals surface area contributed by atoms with Crippen LogP contribution in [0.3, 0.4) is 0 Å². The first-order valence-electron chi connectivity index (χ1n) is 5.09. The van der Waals surface area contributed by atoms with Crippen molar-refractivity contribution in [2.24, 2.45) is 5.92 Å². The molecule has 1 amide bonds. The number of hydrogen-bond donors (Lipinski definition) is 2. The highest BCUT2D eigenvalue weighted by Gasteiger charge is 2.35. The minimum atomic E-state index is -0.869. The number of rotatable bonds is 2. The van der Waals surface area contributed by atoms with Crippen LogP contribution in [0.15, 0.2) is 0 Å². The maximum atomic E-state index is 11.4. The average molecular weight is 247 g/mol. The molecule has 1 heterocycles. The summed E-state index contributed by atoms with van der Waals surface area (Å²) in [7, 11) is 0. The van der Waals surface area contributed by atoms with E-state index in [-0.39, 0.29) is 6.04 Å². The van der Waals surface area contributed by atoms with Gasteiger partial charge in [-0.1, -0.05) is 0 Å². The summed E-state index contributed by atoms with van der Waals surface area (Å²) >= 11 is 1.53. The number of carboxylic acids is 1. The molecule has 2 N–H and O–H groups in total. The number of carbonyl (C=O) groups excluding carboxylic acids is 1. The van der Waals surface area contributed by atoms with E-state index < -0.39 is 23.6 Å². The summed E-state index contributed by atoms with van der Waals surface area (Å²) in [6.07, 6.45) is -0.550. The molecular weight excluding hydrogens is 230 g/mol. The molecule has 0 aromatic rings. The number of ether oxygens (including phenoxy) is 1. The molecule has 0 saturated carbocycles. The first-order chi connectivity index (χ1) is 7.29. The van der Waals surface area contributed by atoms with E-state index in [9.17, 15) is 9.59 Å². The Labute approximate surface area is 98.9 Å². The van der Waals surface area contributed by atoms with Crippen molar-refractivity contribution in [3.63, 3.8) is 0 Å². The lowest BCUT2D eigenvalue weighted by Crippen LogP contribution is -2.44. The van der Waals surface area contributed by atoms with E-state index in [4.69, 9.17) is 9.84 Å². The summed E-state index contributed by atoms with van der Waals surface area (Å²) in [5.41, 5.74) is -0.561. The van der Waals surface area contributed by atoms with Gasteiger partial charge in [0.25, 0.3) is 0 Å². The van der Waals surface area contributed by atoms with Crippen LogP contribution in [0, 0.1) is 5.92 Å². The Hall–Kier alpha value is -0.910. The van der Waals surface area contributed by atoms with Gasteiger partial charge in [0.2, 0.25) is 0 Å². The molecule has 1 fully saturated rings. The predicted molar refractivity (Wildman–Crippen MR) is 61.6 cm³/mol. The molecule has 2 atom stereocenters. The summed E-state index contributed by atoms with van der Waals surface area (Å²) in [5.74, 6) is -0.227. The lowest BCUT2D eigenvalue weighted by molar-refractivity contribution is -0.141. The van der Waals surface area contributed by atoms with E-state index in [2.05, 4.69) is 5.32 Å². The largest absolute Gasteiger partial charge is 0.481 e. The molecule has 92 valence electrons. The Kier molecular flexibility index (Phi) is 4.07. The van der Waals surface area contributed by atoms with Crippen molar-refractivity contribution in [1.82, 2.24) is 5.32 Å². The summed E-state index contributed by atoms with van der Waals surface area (Å²) in [6.45, 7) is 5.31. The summed E-state index contributed by atoms with van der Waals surface area (Å²) in [5, 5.41) is 11.5. The highest BCUT2D eigenvalue weighted by atomic mass is 32.2. The Balaban J connectivity index is 2.47. The predicted octanol–water partition coefficient (Wildman–Crippen LogP) is 1.33. The van der Waals surface area contributed by atoms with Crippen molar-refractivity contribution < 1.29 is 19.4 Å². The molecule has 16 heavy (non-hydrogen) atoms. The molecule has 1 aliphatic rings. The molecule has 0 bridgehead atoms. The molecule has 1 saturated heterocycles. The Morgan fingerprint density at radius 3 is 2.50 bits per heavy atom. The van der Waals surface area contributed by atoms with Crippen LogP contribution in [0.5, 0.6) is 0 Å². The highest BCUT2D eigenvalue weighted by molar-refractivity contribution is 7.99. The second-order valence-corrected chi connectivity index (χ2v) is 5.81. The minimum Gasteiger partial charge on any atom is -0.481 e. The lowest BCUT2D eigenvalue weighted by atomic mass is 10.0. The minimum absolute atomic E-state index is 0.336. The third kappa shape index (κ3) is 3.92. The maximum Gasteiger partial charge on any atom is 0.407 e. The molecule has 0 unspecified atom stereocenters. The number of nitrogens with one attached hydrogen (secondary N) is 1. The zero-order valence-electron chi connectivity index (χ0n) is 9.65. The van der Waals surface area contributed by atoms with Gasteiger partial charge in [0.15, 0.2) is 0 Å². The topological polar surface area (TPSA) is 75.6 Å². The molecular formula is C10H17NO4S. The standard InChI is InChI=1S/C10H17NO4S/c1-10(2,3)15-9(14)11-7-5-16-4-6(7)8(12)13/h6-7H,4-5H2,1-3H3,(H,11,14)(H,12,13)/t6-,7+/m0/s1. The average Bonchev–Trinajstić information content (AvgIpc) is 2.47. The monoisotopic (exact) mass is 247 g/mol. The van der Waals surface area contributed by atoms with Crippen molar-refractivity contribution >= 4 is 23.8 Å². The number of aliphatic carboxylic acids is 1. The van der Waals surface area contributed by atoms with Crippen molar-refractivity contribution in [2.75, 3.05) is 11.5 Å². The number of amides is 1. The van der Waals surface area contributed by atoms with Crippen LogP contribution in [-0.2, 0) is 9.53 Å². The summed E-state index contributed by atoms with van der Waals surface area (Å²) in [6, 6.07) is -0.336. The smallest absolute Gasteiger partial charge is 0.407 e. The third-order valence-corrected chi connectivity index (χ3v) is 3.29. The van der Waals surface area contributed by atoms with Gasteiger partial charge in [0.05, 0.1) is 12.0 Å². The van der Waals surface area contributed by atoms with E-state index in [0.29, 0.717) is 11.5 Å². The van der Waals surface area contributed by atoms with Crippen molar-refractivity contribution in [3.05, 3.63) is 0 Å². The van der Waals surface area contributed by atoms with E-state index in [1.54, 1.807) is 20.8 Å². The Morgan fingerprint density at radius 1 is 1.38 bits per heavy atom. The Morgan fingerprint density at radius 2 is 2.00 bits per heavy atom. The van der Waals surface area contributed by atoms with E-state index >= 15 is 0 Å². The summed E-state index contributed by atoms with van der Waals surface area (Å²) < 4.78 is 5.08. The van der Waals surface area contributed by atoms with Crippen molar-refractivity contribution in [2.45, 2.75) is 32.4 Å². The molecule has 0 spiro atoms. The zero-order chi connectivity index (χ0) is 12.3. The van der Waals surface area contributed by atoms with Crippen LogP contribution >= 0.6 is 11.8 Å². The van der Waals surface area contributed by atoms with E-state index in [1.807, 2.05) is 0 Å². The van der Waals surface area contributed by atoms with Crippen LogP contribution < -0.4 is 5.32 Å². The van der Waals surface area contributed by atoms with Gasteiger partial charge in [-0.15, -0.1) is 0 Å². The van der Waals surface area contributed by atoms with Gasteiger partial charge in [0, 0.05) is 11.5 Å². The fraction of sp³-hybridized carbons (Fsp3) is 0.800. The molecule has 0 aliphatic carbocycles. The first-order valence-corrected chi connectivity index (χ1v) is 6.25. The second-order valence-electron chi connectivity index (χ2n) is 4.73. The molecule has 0 aromatic heterocycles. The summed E-state index contributed by atoms with van der Waals surface area (Å²) in [4.78, 5) is 22.3. The number of alkyl carbamates (subject to hydrolysis) is 1. The molecule has 1 rings (SSSR count). The van der Waals surface area contributed by atoms with Crippen LogP contribution in [-0.4, -0.2) is 40.3 Å². The van der Waals surface area contributed by atoms with Gasteiger partial charge >= 0.3 is 12.1 Å². The van der Waals surface area contributed by atoms with Gasteiger partial charge in [-0.3, -0.25) is 4.79 Å². The first kappa shape index (κ1) is 13.2. The normalized spacial score (nSPS) is 25.2. The molecule has 5 nitrogen and oxygen atoms in total. The zero-order valence-corrected chi connectivity index (χ0v) is 10.5. The fourth-order valence-electron chi connectivity index (χ4n) is 1.40. The van der Waals surface area contributed by atoms with Gasteiger partial charge in [0.1, 0.15) is 5.60 Å². The van der Waals surface area contributed by atoms with Crippen molar-refractivity contribution in [3.8, 4) is 0 Å². The highest BCUT2D eigenvalue weighted by Crippen LogP contribution is 2.24. The number of carbonyl (C=O) groups is 2. The second kappa shape index (κ2) is 4.95. The van der Waals surface area contributed by atoms with Crippen LogP contribution in [0.1, 0.15) is 20.8 Å². The lowest BCUT2D eigenvalue weighted by Gasteiger charge is -2.22.